The van der Waals surface area contributed by atoms with Crippen molar-refractivity contribution < 1.29 is 9.53 Å². The number of ether oxygens (including phenoxy) is 1. The maximum Gasteiger partial charge on any atom is 0.220 e. The average Bonchev–Trinajstić information content (AvgIpc) is 2.21. The molecule has 0 atom stereocenters. The summed E-state index contributed by atoms with van der Waals surface area (Å²) < 4.78 is 5.02. The van der Waals surface area contributed by atoms with Gasteiger partial charge in [-0.25, -0.2) is 0 Å². The normalized spacial score (nSPS) is 11.5. The van der Waals surface area contributed by atoms with Gasteiger partial charge in [0.2, 0.25) is 5.91 Å². The van der Waals surface area contributed by atoms with Crippen LogP contribution in [0.1, 0.15) is 33.1 Å². The van der Waals surface area contributed by atoms with Crippen molar-refractivity contribution in [3.8, 4) is 0 Å². The van der Waals surface area contributed by atoms with Crippen molar-refractivity contribution in [3.05, 3.63) is 0 Å². The molecule has 0 aromatic carbocycles. The Morgan fingerprint density at radius 3 is 2.67 bits per heavy atom. The van der Waals surface area contributed by atoms with Crippen molar-refractivity contribution in [3.63, 3.8) is 0 Å². The predicted molar refractivity (Wildman–Crippen MR) is 61.6 cm³/mol. The SMILES string of the molecule is COCCC(C)(C)CNC(=O)CCCN. The molecule has 0 aromatic rings. The molecule has 0 aliphatic carbocycles. The maximum absolute atomic E-state index is 11.3. The molecule has 0 saturated carbocycles. The quantitative estimate of drug-likeness (QED) is 0.633. The molecule has 0 saturated heterocycles. The van der Waals surface area contributed by atoms with E-state index in [0.717, 1.165) is 19.4 Å². The highest BCUT2D eigenvalue weighted by Gasteiger charge is 2.18. The largest absolute Gasteiger partial charge is 0.385 e. The van der Waals surface area contributed by atoms with E-state index in [2.05, 4.69) is 19.2 Å². The molecule has 4 nitrogen and oxygen atoms in total. The maximum atomic E-state index is 11.3. The summed E-state index contributed by atoms with van der Waals surface area (Å²) >= 11 is 0. The van der Waals surface area contributed by atoms with Crippen LogP contribution in [-0.2, 0) is 9.53 Å². The Hall–Kier alpha value is -0.610. The van der Waals surface area contributed by atoms with Gasteiger partial charge in [0.05, 0.1) is 0 Å². The highest BCUT2D eigenvalue weighted by molar-refractivity contribution is 5.75. The van der Waals surface area contributed by atoms with Gasteiger partial charge in [-0.05, 0) is 24.8 Å². The van der Waals surface area contributed by atoms with Crippen molar-refractivity contribution in [2.75, 3.05) is 26.8 Å². The van der Waals surface area contributed by atoms with Crippen molar-refractivity contribution in [2.24, 2.45) is 11.1 Å². The Bertz CT molecular complexity index is 181. The molecule has 0 heterocycles. The van der Waals surface area contributed by atoms with Crippen molar-refractivity contribution in [1.29, 1.82) is 0 Å². The third-order valence-electron chi connectivity index (χ3n) is 2.36. The first-order valence-corrected chi connectivity index (χ1v) is 5.47. The number of nitrogens with one attached hydrogen (secondary N) is 1. The minimum atomic E-state index is 0.0888. The molecule has 0 fully saturated rings. The van der Waals surface area contributed by atoms with E-state index >= 15 is 0 Å². The Morgan fingerprint density at radius 1 is 1.47 bits per heavy atom. The molecule has 0 spiro atoms. The van der Waals surface area contributed by atoms with Crippen molar-refractivity contribution in [2.45, 2.75) is 33.1 Å². The molecule has 1 amide bonds. The molecule has 0 aromatic heterocycles. The van der Waals surface area contributed by atoms with Crippen LogP contribution in [0.3, 0.4) is 0 Å². The first-order valence-electron chi connectivity index (χ1n) is 5.47. The first-order chi connectivity index (χ1) is 7.02. The molecule has 0 unspecified atom stereocenters. The van der Waals surface area contributed by atoms with E-state index < -0.39 is 0 Å². The van der Waals surface area contributed by atoms with Gasteiger partial charge in [0, 0.05) is 26.7 Å². The fourth-order valence-electron chi connectivity index (χ4n) is 1.16. The summed E-state index contributed by atoms with van der Waals surface area (Å²) in [6.07, 6.45) is 2.22. The summed E-state index contributed by atoms with van der Waals surface area (Å²) in [5.41, 5.74) is 5.42. The van der Waals surface area contributed by atoms with E-state index in [1.54, 1.807) is 7.11 Å². The van der Waals surface area contributed by atoms with Crippen LogP contribution < -0.4 is 11.1 Å². The topological polar surface area (TPSA) is 64.3 Å². The van der Waals surface area contributed by atoms with E-state index in [1.165, 1.54) is 0 Å². The average molecular weight is 216 g/mol. The number of amides is 1. The van der Waals surface area contributed by atoms with Crippen molar-refractivity contribution in [1.82, 2.24) is 5.32 Å². The van der Waals surface area contributed by atoms with E-state index in [4.69, 9.17) is 10.5 Å². The molecule has 0 radical (unpaired) electrons. The number of carbonyl (C=O) groups is 1. The number of carbonyl (C=O) groups excluding carboxylic acids is 1. The standard InChI is InChI=1S/C11H24N2O2/c1-11(2,6-8-15-3)9-13-10(14)5-4-7-12/h4-9,12H2,1-3H3,(H,13,14). The van der Waals surface area contributed by atoms with Crippen LogP contribution in [-0.4, -0.2) is 32.7 Å². The summed E-state index contributed by atoms with van der Waals surface area (Å²) in [5.74, 6) is 0.0888. The van der Waals surface area contributed by atoms with Gasteiger partial charge in [-0.2, -0.15) is 0 Å². The zero-order valence-electron chi connectivity index (χ0n) is 10.1. The Kier molecular flexibility index (Phi) is 7.34. The lowest BCUT2D eigenvalue weighted by Crippen LogP contribution is -2.34. The molecule has 90 valence electrons. The second-order valence-electron chi connectivity index (χ2n) is 4.58. The van der Waals surface area contributed by atoms with Crippen LogP contribution in [0.5, 0.6) is 0 Å². The molecular formula is C11H24N2O2. The Labute approximate surface area is 92.6 Å². The lowest BCUT2D eigenvalue weighted by molar-refractivity contribution is -0.121. The summed E-state index contributed by atoms with van der Waals surface area (Å²) in [6, 6.07) is 0. The van der Waals surface area contributed by atoms with Gasteiger partial charge in [-0.3, -0.25) is 4.79 Å². The third kappa shape index (κ3) is 8.39. The van der Waals surface area contributed by atoms with Crippen LogP contribution in [0, 0.1) is 5.41 Å². The minimum Gasteiger partial charge on any atom is -0.385 e. The summed E-state index contributed by atoms with van der Waals surface area (Å²) in [6.45, 7) is 6.23. The fraction of sp³-hybridized carbons (Fsp3) is 0.909. The molecule has 4 heteroatoms. The second kappa shape index (κ2) is 7.65. The van der Waals surface area contributed by atoms with Crippen LogP contribution in [0.4, 0.5) is 0 Å². The van der Waals surface area contributed by atoms with Crippen LogP contribution >= 0.6 is 0 Å². The number of hydrogen-bond donors (Lipinski definition) is 2. The third-order valence-corrected chi connectivity index (χ3v) is 2.36. The van der Waals surface area contributed by atoms with Gasteiger partial charge in [0.1, 0.15) is 0 Å². The van der Waals surface area contributed by atoms with Crippen LogP contribution in [0.25, 0.3) is 0 Å². The minimum absolute atomic E-state index is 0.0888. The highest BCUT2D eigenvalue weighted by Crippen LogP contribution is 2.18. The molecule has 0 aliphatic rings. The Morgan fingerprint density at radius 2 is 2.13 bits per heavy atom. The molecule has 0 bridgehead atoms. The summed E-state index contributed by atoms with van der Waals surface area (Å²) in [5, 5.41) is 2.92. The summed E-state index contributed by atoms with van der Waals surface area (Å²) in [7, 11) is 1.69. The van der Waals surface area contributed by atoms with Crippen LogP contribution in [0.15, 0.2) is 0 Å². The monoisotopic (exact) mass is 216 g/mol. The van der Waals surface area contributed by atoms with Crippen LogP contribution in [0.2, 0.25) is 0 Å². The van der Waals surface area contributed by atoms with Gasteiger partial charge >= 0.3 is 0 Å². The van der Waals surface area contributed by atoms with Gasteiger partial charge in [0.25, 0.3) is 0 Å². The van der Waals surface area contributed by atoms with Gasteiger partial charge in [-0.1, -0.05) is 13.8 Å². The van der Waals surface area contributed by atoms with E-state index in [0.29, 0.717) is 19.5 Å². The Balaban J connectivity index is 3.67. The molecular weight excluding hydrogens is 192 g/mol. The molecule has 0 rings (SSSR count). The number of rotatable bonds is 8. The molecule has 15 heavy (non-hydrogen) atoms. The number of hydrogen-bond acceptors (Lipinski definition) is 3. The zero-order valence-corrected chi connectivity index (χ0v) is 10.1. The van der Waals surface area contributed by atoms with Crippen molar-refractivity contribution >= 4 is 5.91 Å². The van der Waals surface area contributed by atoms with E-state index in [-0.39, 0.29) is 11.3 Å². The van der Waals surface area contributed by atoms with E-state index in [9.17, 15) is 4.79 Å². The van der Waals surface area contributed by atoms with Gasteiger partial charge < -0.3 is 15.8 Å². The summed E-state index contributed by atoms with van der Waals surface area (Å²) in [4.78, 5) is 11.3. The highest BCUT2D eigenvalue weighted by atomic mass is 16.5. The molecule has 0 aliphatic heterocycles. The number of methoxy groups -OCH3 is 1. The first kappa shape index (κ1) is 14.4. The lowest BCUT2D eigenvalue weighted by atomic mass is 9.89. The predicted octanol–water partition coefficient (Wildman–Crippen LogP) is 0.904. The lowest BCUT2D eigenvalue weighted by Gasteiger charge is -2.24. The van der Waals surface area contributed by atoms with E-state index in [1.807, 2.05) is 0 Å². The molecule has 3 N–H and O–H groups in total. The van der Waals surface area contributed by atoms with Gasteiger partial charge in [-0.15, -0.1) is 0 Å². The number of nitrogens with two attached hydrogens (primary N) is 1. The second-order valence-corrected chi connectivity index (χ2v) is 4.58. The zero-order chi connectivity index (χ0) is 11.7. The smallest absolute Gasteiger partial charge is 0.220 e. The fourth-order valence-corrected chi connectivity index (χ4v) is 1.16. The van der Waals surface area contributed by atoms with Gasteiger partial charge in [0.15, 0.2) is 0 Å².